The monoisotopic (exact) mass is 139 g/mol. The molecule has 3 nitrogen and oxygen atoms in total. The zero-order valence-corrected chi connectivity index (χ0v) is 6.05. The van der Waals surface area contributed by atoms with Crippen LogP contribution in [-0.2, 0) is 0 Å². The molecule has 0 unspecified atom stereocenters. The molecular weight excluding hydrogens is 130 g/mol. The Kier molecular flexibility index (Phi) is 1.85. The van der Waals surface area contributed by atoms with Gasteiger partial charge in [0.15, 0.2) is 0 Å². The maximum Gasteiger partial charge on any atom is 0.205 e. The van der Waals surface area contributed by atoms with Gasteiger partial charge < -0.3 is 4.52 Å². The first kappa shape index (κ1) is 6.99. The Morgan fingerprint density at radius 3 is 2.90 bits per heavy atom. The molecule has 0 aliphatic carbocycles. The normalized spacial score (nSPS) is 9.80. The van der Waals surface area contributed by atoms with Gasteiger partial charge in [0.2, 0.25) is 11.5 Å². The predicted octanol–water partition coefficient (Wildman–Crippen LogP) is 1.58. The maximum absolute atomic E-state index is 11.0. The zero-order valence-electron chi connectivity index (χ0n) is 6.05. The van der Waals surface area contributed by atoms with Gasteiger partial charge in [0.25, 0.3) is 0 Å². The number of aryl methyl sites for hydroxylation is 1. The van der Waals surface area contributed by atoms with Crippen LogP contribution in [0.1, 0.15) is 29.5 Å². The van der Waals surface area contributed by atoms with Crippen LogP contribution >= 0.6 is 0 Å². The average Bonchev–Trinajstić information content (AvgIpc) is 2.34. The Morgan fingerprint density at radius 1 is 1.80 bits per heavy atom. The van der Waals surface area contributed by atoms with E-state index >= 15 is 0 Å². The fraction of sp³-hybridized carbons (Fsp3) is 0.429. The quantitative estimate of drug-likeness (QED) is 0.584. The number of hydrogen-bond donors (Lipinski definition) is 0. The molecule has 1 heterocycles. The molecular formula is C7H9NO2. The molecule has 3 heteroatoms. The summed E-state index contributed by atoms with van der Waals surface area (Å²) in [5.41, 5.74) is 0.812. The summed E-state index contributed by atoms with van der Waals surface area (Å²) in [6.07, 6.45) is 2.01. The second-order valence-corrected chi connectivity index (χ2v) is 2.11. The van der Waals surface area contributed by atoms with Crippen molar-refractivity contribution in [2.24, 2.45) is 0 Å². The second-order valence-electron chi connectivity index (χ2n) is 2.11. The number of rotatable bonds is 2. The highest BCUT2D eigenvalue weighted by Gasteiger charge is 2.10. The van der Waals surface area contributed by atoms with Gasteiger partial charge in [0.1, 0.15) is 0 Å². The third-order valence-corrected chi connectivity index (χ3v) is 1.32. The second kappa shape index (κ2) is 2.64. The molecule has 0 saturated carbocycles. The summed E-state index contributed by atoms with van der Waals surface area (Å²) in [5, 5.41) is 3.49. The van der Waals surface area contributed by atoms with Gasteiger partial charge in [-0.1, -0.05) is 12.1 Å². The minimum absolute atomic E-state index is 0.00926. The minimum atomic E-state index is 0.00926. The molecule has 0 fully saturated rings. The molecule has 0 amide bonds. The lowest BCUT2D eigenvalue weighted by Crippen LogP contribution is -1.95. The van der Waals surface area contributed by atoms with Crippen LogP contribution in [0.4, 0.5) is 0 Å². The van der Waals surface area contributed by atoms with Crippen LogP contribution in [0.5, 0.6) is 0 Å². The Balaban J connectivity index is 2.93. The molecule has 0 aliphatic rings. The molecule has 1 aromatic heterocycles. The fourth-order valence-electron chi connectivity index (χ4n) is 0.720. The van der Waals surface area contributed by atoms with Gasteiger partial charge in [-0.3, -0.25) is 4.79 Å². The third kappa shape index (κ3) is 1.07. The first-order valence-corrected chi connectivity index (χ1v) is 3.20. The third-order valence-electron chi connectivity index (χ3n) is 1.32. The lowest BCUT2D eigenvalue weighted by molar-refractivity contribution is 0.0951. The summed E-state index contributed by atoms with van der Waals surface area (Å²) in [4.78, 5) is 11.0. The van der Waals surface area contributed by atoms with E-state index in [4.69, 9.17) is 4.52 Å². The lowest BCUT2D eigenvalue weighted by atomic mass is 10.2. The molecule has 0 N–H and O–H groups in total. The number of ketones is 1. The van der Waals surface area contributed by atoms with Crippen LogP contribution in [0.25, 0.3) is 0 Å². The van der Waals surface area contributed by atoms with Crippen molar-refractivity contribution in [3.63, 3.8) is 0 Å². The average molecular weight is 139 g/mol. The Hall–Kier alpha value is -1.12. The van der Waals surface area contributed by atoms with E-state index < -0.39 is 0 Å². The first-order valence-electron chi connectivity index (χ1n) is 3.20. The molecule has 1 aromatic rings. The topological polar surface area (TPSA) is 43.1 Å². The van der Waals surface area contributed by atoms with Crippen molar-refractivity contribution in [3.8, 4) is 0 Å². The number of hydrogen-bond acceptors (Lipinski definition) is 3. The highest BCUT2D eigenvalue weighted by atomic mass is 16.5. The van der Waals surface area contributed by atoms with Crippen molar-refractivity contribution in [2.45, 2.75) is 20.3 Å². The van der Waals surface area contributed by atoms with E-state index in [1.54, 1.807) is 20.0 Å². The van der Waals surface area contributed by atoms with Crippen LogP contribution in [0.2, 0.25) is 0 Å². The van der Waals surface area contributed by atoms with Crippen molar-refractivity contribution in [1.29, 1.82) is 0 Å². The molecule has 0 bridgehead atoms. The SMILES string of the molecule is CCC(=O)c1oncc1C. The fourth-order valence-corrected chi connectivity index (χ4v) is 0.720. The van der Waals surface area contributed by atoms with Gasteiger partial charge in [-0.25, -0.2) is 0 Å². The summed E-state index contributed by atoms with van der Waals surface area (Å²) < 4.78 is 4.72. The van der Waals surface area contributed by atoms with Gasteiger partial charge >= 0.3 is 0 Å². The summed E-state index contributed by atoms with van der Waals surface area (Å²) in [7, 11) is 0. The number of aromatic nitrogens is 1. The van der Waals surface area contributed by atoms with Crippen LogP contribution in [0.3, 0.4) is 0 Å². The summed E-state index contributed by atoms with van der Waals surface area (Å²) in [5.74, 6) is 0.400. The van der Waals surface area contributed by atoms with Gasteiger partial charge in [-0.15, -0.1) is 0 Å². The summed E-state index contributed by atoms with van der Waals surface area (Å²) in [6, 6.07) is 0. The number of carbonyl (C=O) groups excluding carboxylic acids is 1. The molecule has 1 rings (SSSR count). The van der Waals surface area contributed by atoms with E-state index in [9.17, 15) is 4.79 Å². The van der Waals surface area contributed by atoms with Crippen LogP contribution in [0.15, 0.2) is 10.7 Å². The predicted molar refractivity (Wildman–Crippen MR) is 35.9 cm³/mol. The lowest BCUT2D eigenvalue weighted by Gasteiger charge is -1.88. The van der Waals surface area contributed by atoms with Crippen LogP contribution in [0, 0.1) is 6.92 Å². The van der Waals surface area contributed by atoms with Gasteiger partial charge in [-0.05, 0) is 6.92 Å². The van der Waals surface area contributed by atoms with Crippen LogP contribution in [-0.4, -0.2) is 10.9 Å². The van der Waals surface area contributed by atoms with E-state index in [0.29, 0.717) is 12.2 Å². The van der Waals surface area contributed by atoms with Crippen molar-refractivity contribution in [1.82, 2.24) is 5.16 Å². The molecule has 0 saturated heterocycles. The highest BCUT2D eigenvalue weighted by Crippen LogP contribution is 2.07. The summed E-state index contributed by atoms with van der Waals surface area (Å²) >= 11 is 0. The van der Waals surface area contributed by atoms with Gasteiger partial charge in [0, 0.05) is 12.0 Å². The molecule has 10 heavy (non-hydrogen) atoms. The standard InChI is InChI=1S/C7H9NO2/c1-3-6(9)7-5(2)4-8-10-7/h4H,3H2,1-2H3. The molecule has 0 radical (unpaired) electrons. The Labute approximate surface area is 59.0 Å². The smallest absolute Gasteiger partial charge is 0.205 e. The largest absolute Gasteiger partial charge is 0.353 e. The number of Topliss-reactive ketones (excluding diaryl/α,β-unsaturated/α-hetero) is 1. The highest BCUT2D eigenvalue weighted by molar-refractivity contribution is 5.94. The minimum Gasteiger partial charge on any atom is -0.353 e. The van der Waals surface area contributed by atoms with E-state index in [1.165, 1.54) is 0 Å². The molecule has 54 valence electrons. The molecule has 0 atom stereocenters. The van der Waals surface area contributed by atoms with Gasteiger partial charge in [0.05, 0.1) is 6.20 Å². The summed E-state index contributed by atoms with van der Waals surface area (Å²) in [6.45, 7) is 3.60. The van der Waals surface area contributed by atoms with E-state index in [1.807, 2.05) is 0 Å². The van der Waals surface area contributed by atoms with E-state index in [-0.39, 0.29) is 5.78 Å². The van der Waals surface area contributed by atoms with Crippen LogP contribution < -0.4 is 0 Å². The molecule has 0 aliphatic heterocycles. The zero-order chi connectivity index (χ0) is 7.56. The number of carbonyl (C=O) groups is 1. The van der Waals surface area contributed by atoms with Gasteiger partial charge in [-0.2, -0.15) is 0 Å². The first-order chi connectivity index (χ1) is 4.75. The van der Waals surface area contributed by atoms with E-state index in [2.05, 4.69) is 5.16 Å². The van der Waals surface area contributed by atoms with Crippen molar-refractivity contribution in [2.75, 3.05) is 0 Å². The Bertz CT molecular complexity index is 240. The molecule has 0 aromatic carbocycles. The molecule has 0 spiro atoms. The number of nitrogens with zero attached hydrogens (tertiary/aromatic N) is 1. The Morgan fingerprint density at radius 2 is 2.50 bits per heavy atom. The van der Waals surface area contributed by atoms with Crippen molar-refractivity contribution in [3.05, 3.63) is 17.5 Å². The van der Waals surface area contributed by atoms with Crippen molar-refractivity contribution >= 4 is 5.78 Å². The van der Waals surface area contributed by atoms with Crippen molar-refractivity contribution < 1.29 is 9.32 Å². The maximum atomic E-state index is 11.0. The van der Waals surface area contributed by atoms with E-state index in [0.717, 1.165) is 5.56 Å².